The molecule has 0 unspecified atom stereocenters. The number of nitrogens with one attached hydrogen (secondary N) is 1. The van der Waals surface area contributed by atoms with Crippen molar-refractivity contribution in [3.63, 3.8) is 0 Å². The Labute approximate surface area is 153 Å². The van der Waals surface area contributed by atoms with E-state index in [9.17, 15) is 13.6 Å². The second kappa shape index (κ2) is 8.87. The van der Waals surface area contributed by atoms with Gasteiger partial charge in [0.2, 0.25) is 0 Å². The van der Waals surface area contributed by atoms with Gasteiger partial charge in [-0.25, -0.2) is 0 Å². The quantitative estimate of drug-likeness (QED) is 0.753. The van der Waals surface area contributed by atoms with Crippen LogP contribution in [0.5, 0.6) is 11.5 Å². The molecule has 0 spiro atoms. The summed E-state index contributed by atoms with van der Waals surface area (Å²) in [5, 5.41) is 3.48. The topological polar surface area (TPSA) is 47.6 Å². The number of amides is 1. The molecule has 1 amide bonds. The van der Waals surface area contributed by atoms with Crippen LogP contribution in [-0.4, -0.2) is 26.2 Å². The van der Waals surface area contributed by atoms with Gasteiger partial charge in [0.1, 0.15) is 0 Å². The van der Waals surface area contributed by atoms with Crippen molar-refractivity contribution in [2.75, 3.05) is 13.7 Å². The van der Waals surface area contributed by atoms with Crippen LogP contribution in [0, 0.1) is 0 Å². The number of methoxy groups -OCH3 is 1. The summed E-state index contributed by atoms with van der Waals surface area (Å²) in [6, 6.07) is 9.18. The molecular formula is C17H15Cl2F2NO3. The van der Waals surface area contributed by atoms with Crippen LogP contribution >= 0.6 is 23.2 Å². The van der Waals surface area contributed by atoms with Crippen LogP contribution < -0.4 is 14.8 Å². The monoisotopic (exact) mass is 389 g/mol. The van der Waals surface area contributed by atoms with Gasteiger partial charge >= 0.3 is 6.61 Å². The highest BCUT2D eigenvalue weighted by Gasteiger charge is 2.12. The maximum Gasteiger partial charge on any atom is 0.387 e. The zero-order valence-corrected chi connectivity index (χ0v) is 14.7. The first-order valence-electron chi connectivity index (χ1n) is 7.25. The Bertz CT molecular complexity index is 736. The molecule has 0 fully saturated rings. The number of hydrogen-bond acceptors (Lipinski definition) is 3. The van der Waals surface area contributed by atoms with Gasteiger partial charge in [-0.05, 0) is 42.3 Å². The summed E-state index contributed by atoms with van der Waals surface area (Å²) in [7, 11) is 1.36. The maximum absolute atomic E-state index is 12.3. The Balaban J connectivity index is 1.96. The molecule has 0 atom stereocenters. The van der Waals surface area contributed by atoms with E-state index in [0.717, 1.165) is 5.56 Å². The predicted octanol–water partition coefficient (Wildman–Crippen LogP) is 4.58. The van der Waals surface area contributed by atoms with Crippen molar-refractivity contribution in [1.29, 1.82) is 0 Å². The van der Waals surface area contributed by atoms with E-state index < -0.39 is 6.61 Å². The molecule has 0 bridgehead atoms. The first kappa shape index (κ1) is 19.3. The van der Waals surface area contributed by atoms with Gasteiger partial charge in [-0.2, -0.15) is 8.78 Å². The van der Waals surface area contributed by atoms with Crippen LogP contribution in [0.15, 0.2) is 36.4 Å². The number of rotatable bonds is 7. The Morgan fingerprint density at radius 1 is 1.12 bits per heavy atom. The number of carbonyl (C=O) groups is 1. The molecule has 25 heavy (non-hydrogen) atoms. The lowest BCUT2D eigenvalue weighted by molar-refractivity contribution is -0.0512. The zero-order valence-electron chi connectivity index (χ0n) is 13.2. The average Bonchev–Trinajstić information content (AvgIpc) is 2.54. The molecule has 0 saturated carbocycles. The maximum atomic E-state index is 12.3. The molecule has 0 aliphatic heterocycles. The third kappa shape index (κ3) is 5.76. The van der Waals surface area contributed by atoms with E-state index in [2.05, 4.69) is 10.1 Å². The highest BCUT2D eigenvalue weighted by Crippen LogP contribution is 2.29. The second-order valence-corrected chi connectivity index (χ2v) is 5.90. The number of halogens is 4. The van der Waals surface area contributed by atoms with Gasteiger partial charge in [0, 0.05) is 22.2 Å². The Hall–Kier alpha value is -2.05. The van der Waals surface area contributed by atoms with Crippen molar-refractivity contribution >= 4 is 29.1 Å². The van der Waals surface area contributed by atoms with E-state index in [1.54, 1.807) is 12.1 Å². The lowest BCUT2D eigenvalue weighted by Crippen LogP contribution is -2.25. The number of alkyl halides is 2. The van der Waals surface area contributed by atoms with Crippen molar-refractivity contribution in [3.05, 3.63) is 57.6 Å². The van der Waals surface area contributed by atoms with E-state index in [1.807, 2.05) is 0 Å². The fourth-order valence-electron chi connectivity index (χ4n) is 2.17. The number of hydrogen-bond donors (Lipinski definition) is 1. The van der Waals surface area contributed by atoms with E-state index in [1.165, 1.54) is 31.4 Å². The highest BCUT2D eigenvalue weighted by molar-refractivity contribution is 6.35. The van der Waals surface area contributed by atoms with E-state index in [4.69, 9.17) is 27.9 Å². The van der Waals surface area contributed by atoms with Gasteiger partial charge in [-0.15, -0.1) is 0 Å². The molecule has 1 N–H and O–H groups in total. The fourth-order valence-corrected chi connectivity index (χ4v) is 2.69. The lowest BCUT2D eigenvalue weighted by Gasteiger charge is -2.12. The van der Waals surface area contributed by atoms with Crippen LogP contribution in [-0.2, 0) is 6.42 Å². The Kier molecular flexibility index (Phi) is 6.84. The number of carbonyl (C=O) groups excluding carboxylic acids is 1. The van der Waals surface area contributed by atoms with Crippen LogP contribution in [0.4, 0.5) is 8.78 Å². The molecule has 0 aliphatic carbocycles. The van der Waals surface area contributed by atoms with Gasteiger partial charge in [0.05, 0.1) is 7.11 Å². The smallest absolute Gasteiger partial charge is 0.387 e. The molecule has 4 nitrogen and oxygen atoms in total. The second-order valence-electron chi connectivity index (χ2n) is 5.03. The van der Waals surface area contributed by atoms with E-state index in [0.29, 0.717) is 28.6 Å². The molecule has 134 valence electrons. The predicted molar refractivity (Wildman–Crippen MR) is 92.1 cm³/mol. The minimum absolute atomic E-state index is 0.0427. The van der Waals surface area contributed by atoms with E-state index >= 15 is 0 Å². The third-order valence-corrected chi connectivity index (χ3v) is 3.70. The average molecular weight is 390 g/mol. The molecular weight excluding hydrogens is 375 g/mol. The fraction of sp³-hybridized carbons (Fsp3) is 0.235. The molecule has 2 aromatic rings. The van der Waals surface area contributed by atoms with Crippen molar-refractivity contribution < 1.29 is 23.0 Å². The van der Waals surface area contributed by atoms with Crippen LogP contribution in [0.25, 0.3) is 0 Å². The van der Waals surface area contributed by atoms with E-state index in [-0.39, 0.29) is 17.4 Å². The number of ether oxygens (including phenoxy) is 2. The first-order valence-corrected chi connectivity index (χ1v) is 8.00. The summed E-state index contributed by atoms with van der Waals surface area (Å²) in [5.74, 6) is -0.154. The minimum Gasteiger partial charge on any atom is -0.493 e. The van der Waals surface area contributed by atoms with Gasteiger partial charge in [0.25, 0.3) is 5.91 Å². The summed E-state index contributed by atoms with van der Waals surface area (Å²) in [4.78, 5) is 12.1. The van der Waals surface area contributed by atoms with Crippen molar-refractivity contribution in [2.24, 2.45) is 0 Å². The molecule has 2 aromatic carbocycles. The van der Waals surface area contributed by atoms with Gasteiger partial charge in [0.15, 0.2) is 11.5 Å². The zero-order chi connectivity index (χ0) is 18.4. The van der Waals surface area contributed by atoms with Crippen molar-refractivity contribution in [2.45, 2.75) is 13.0 Å². The van der Waals surface area contributed by atoms with Crippen LogP contribution in [0.2, 0.25) is 10.0 Å². The van der Waals surface area contributed by atoms with Gasteiger partial charge < -0.3 is 14.8 Å². The SMILES string of the molecule is COc1cc(CCNC(=O)c2cc(Cl)cc(Cl)c2)ccc1OC(F)F. The largest absolute Gasteiger partial charge is 0.493 e. The van der Waals surface area contributed by atoms with Crippen molar-refractivity contribution in [3.8, 4) is 11.5 Å². The van der Waals surface area contributed by atoms with Crippen molar-refractivity contribution in [1.82, 2.24) is 5.32 Å². The molecule has 0 saturated heterocycles. The molecule has 0 heterocycles. The Morgan fingerprint density at radius 3 is 2.40 bits per heavy atom. The lowest BCUT2D eigenvalue weighted by atomic mass is 10.1. The standard InChI is InChI=1S/C17H15Cl2F2NO3/c1-24-15-6-10(2-3-14(15)25-17(20)21)4-5-22-16(23)11-7-12(18)9-13(19)8-11/h2-3,6-9,17H,4-5H2,1H3,(H,22,23). The van der Waals surface area contributed by atoms with Gasteiger partial charge in [-0.3, -0.25) is 4.79 Å². The molecule has 0 aromatic heterocycles. The Morgan fingerprint density at radius 2 is 1.80 bits per heavy atom. The third-order valence-electron chi connectivity index (χ3n) is 3.27. The summed E-state index contributed by atoms with van der Waals surface area (Å²) in [5.41, 5.74) is 1.15. The summed E-state index contributed by atoms with van der Waals surface area (Å²) in [6.45, 7) is -2.59. The highest BCUT2D eigenvalue weighted by atomic mass is 35.5. The summed E-state index contributed by atoms with van der Waals surface area (Å²) in [6.07, 6.45) is 0.478. The summed E-state index contributed by atoms with van der Waals surface area (Å²) >= 11 is 11.7. The summed E-state index contributed by atoms with van der Waals surface area (Å²) < 4.78 is 34.0. The molecule has 0 radical (unpaired) electrons. The minimum atomic E-state index is -2.93. The molecule has 2 rings (SSSR count). The number of benzene rings is 2. The van der Waals surface area contributed by atoms with Crippen LogP contribution in [0.3, 0.4) is 0 Å². The first-order chi connectivity index (χ1) is 11.9. The molecule has 8 heteroatoms. The van der Waals surface area contributed by atoms with Crippen LogP contribution in [0.1, 0.15) is 15.9 Å². The normalized spacial score (nSPS) is 10.6. The molecule has 0 aliphatic rings. The van der Waals surface area contributed by atoms with Gasteiger partial charge in [-0.1, -0.05) is 29.3 Å².